The van der Waals surface area contributed by atoms with E-state index in [1.165, 1.54) is 18.2 Å². The molecule has 0 saturated heterocycles. The second-order valence-electron chi connectivity index (χ2n) is 6.15. The highest BCUT2D eigenvalue weighted by molar-refractivity contribution is 5.80. The van der Waals surface area contributed by atoms with E-state index in [2.05, 4.69) is 26.0 Å². The Morgan fingerprint density at radius 2 is 1.85 bits per heavy atom. The van der Waals surface area contributed by atoms with Gasteiger partial charge in [-0.25, -0.2) is 0 Å². The molecule has 1 aromatic carbocycles. The zero-order chi connectivity index (χ0) is 18.9. The number of nitrogens with one attached hydrogen (secondary N) is 1. The lowest BCUT2D eigenvalue weighted by atomic mass is 9.99. The average molecular weight is 363 g/mol. The highest BCUT2D eigenvalue weighted by Crippen LogP contribution is 2.33. The van der Waals surface area contributed by atoms with Crippen molar-refractivity contribution in [1.29, 1.82) is 0 Å². The summed E-state index contributed by atoms with van der Waals surface area (Å²) in [5, 5.41) is 3.38. The van der Waals surface area contributed by atoms with E-state index >= 15 is 0 Å². The summed E-state index contributed by atoms with van der Waals surface area (Å²) < 4.78 is 15.5. The smallest absolute Gasteiger partial charge is 0.305 e. The maximum Gasteiger partial charge on any atom is 0.305 e. The summed E-state index contributed by atoms with van der Waals surface area (Å²) in [4.78, 5) is 17.8. The van der Waals surface area contributed by atoms with Crippen molar-refractivity contribution in [3.63, 3.8) is 0 Å². The van der Waals surface area contributed by atoms with Crippen LogP contribution in [0.1, 0.15) is 30.4 Å². The molecule has 1 aliphatic rings. The Balaban J connectivity index is 1.92. The zero-order valence-electron chi connectivity index (χ0n) is 16.1. The topological polar surface area (TPSA) is 72.4 Å². The maximum atomic E-state index is 11.1. The van der Waals surface area contributed by atoms with Gasteiger partial charge in [-0.3, -0.25) is 9.79 Å². The van der Waals surface area contributed by atoms with Crippen molar-refractivity contribution >= 4 is 11.9 Å². The molecule has 1 aliphatic heterocycles. The van der Waals surface area contributed by atoms with Crippen LogP contribution in [0, 0.1) is 0 Å². The summed E-state index contributed by atoms with van der Waals surface area (Å²) in [6.45, 7) is 2.45. The van der Waals surface area contributed by atoms with E-state index in [4.69, 9.17) is 9.47 Å². The number of unbranched alkanes of at least 4 members (excludes halogenated alkanes) is 1. The lowest BCUT2D eigenvalue weighted by Crippen LogP contribution is -2.44. The summed E-state index contributed by atoms with van der Waals surface area (Å²) in [5.41, 5.74) is 2.51. The molecule has 2 rings (SSSR count). The number of fused-ring (bicyclic) bond motifs is 1. The Labute approximate surface area is 155 Å². The van der Waals surface area contributed by atoms with Gasteiger partial charge in [-0.1, -0.05) is 0 Å². The number of aliphatic imine (C=N–C) groups is 1. The minimum absolute atomic E-state index is 0.161. The number of guanidine groups is 1. The Hall–Kier alpha value is -2.44. The first kappa shape index (κ1) is 19.9. The third-order valence-electron chi connectivity index (χ3n) is 4.55. The van der Waals surface area contributed by atoms with Gasteiger partial charge in [-0.2, -0.15) is 0 Å². The van der Waals surface area contributed by atoms with Crippen LogP contribution in [0.25, 0.3) is 0 Å². The number of methoxy groups -OCH3 is 3. The lowest BCUT2D eigenvalue weighted by molar-refractivity contribution is -0.140. The minimum atomic E-state index is -0.161. The quantitative estimate of drug-likeness (QED) is 0.346. The molecule has 0 aromatic heterocycles. The molecule has 0 spiro atoms. The lowest BCUT2D eigenvalue weighted by Gasteiger charge is -2.32. The zero-order valence-corrected chi connectivity index (χ0v) is 16.1. The Kier molecular flexibility index (Phi) is 7.56. The molecule has 26 heavy (non-hydrogen) atoms. The van der Waals surface area contributed by atoms with Crippen LogP contribution < -0.4 is 14.8 Å². The van der Waals surface area contributed by atoms with Crippen molar-refractivity contribution < 1.29 is 19.0 Å². The molecule has 7 heteroatoms. The van der Waals surface area contributed by atoms with Gasteiger partial charge >= 0.3 is 5.97 Å². The van der Waals surface area contributed by atoms with Crippen LogP contribution >= 0.6 is 0 Å². The third kappa shape index (κ3) is 5.03. The van der Waals surface area contributed by atoms with Crippen LogP contribution in [0.3, 0.4) is 0 Å². The number of nitrogens with zero attached hydrogens (tertiary/aromatic N) is 2. The summed E-state index contributed by atoms with van der Waals surface area (Å²) in [6.07, 6.45) is 3.08. The standard InChI is InChI=1S/C19H29N3O4/c1-20-19(21-9-6-5-7-18(23)26-4)22-10-8-14-11-16(24-2)17(25-3)12-15(14)13-22/h11-12H,5-10,13H2,1-4H3,(H,20,21). The highest BCUT2D eigenvalue weighted by Gasteiger charge is 2.21. The van der Waals surface area contributed by atoms with Crippen LogP contribution in [0.15, 0.2) is 17.1 Å². The summed E-state index contributed by atoms with van der Waals surface area (Å²) in [6, 6.07) is 4.11. The fraction of sp³-hybridized carbons (Fsp3) is 0.579. The van der Waals surface area contributed by atoms with E-state index in [9.17, 15) is 4.79 Å². The number of carbonyl (C=O) groups excluding carboxylic acids is 1. The Morgan fingerprint density at radius 3 is 2.46 bits per heavy atom. The predicted molar refractivity (Wildman–Crippen MR) is 101 cm³/mol. The van der Waals surface area contributed by atoms with Crippen LogP contribution in [0.2, 0.25) is 0 Å². The summed E-state index contributed by atoms with van der Waals surface area (Å²) >= 11 is 0. The van der Waals surface area contributed by atoms with Crippen LogP contribution in [-0.4, -0.2) is 58.3 Å². The monoisotopic (exact) mass is 363 g/mol. The predicted octanol–water partition coefficient (Wildman–Crippen LogP) is 1.98. The Bertz CT molecular complexity index is 646. The number of rotatable bonds is 7. The summed E-state index contributed by atoms with van der Waals surface area (Å²) in [7, 11) is 6.52. The molecule has 1 N–H and O–H groups in total. The van der Waals surface area contributed by atoms with E-state index < -0.39 is 0 Å². The fourth-order valence-corrected chi connectivity index (χ4v) is 3.09. The second-order valence-corrected chi connectivity index (χ2v) is 6.15. The van der Waals surface area contributed by atoms with Gasteiger partial charge in [0.05, 0.1) is 21.3 Å². The molecular weight excluding hydrogens is 334 g/mol. The van der Waals surface area contributed by atoms with Crippen LogP contribution in [0.4, 0.5) is 0 Å². The first-order valence-electron chi connectivity index (χ1n) is 8.89. The first-order chi connectivity index (χ1) is 12.6. The minimum Gasteiger partial charge on any atom is -0.493 e. The van der Waals surface area contributed by atoms with Crippen molar-refractivity contribution in [1.82, 2.24) is 10.2 Å². The van der Waals surface area contributed by atoms with Crippen LogP contribution in [0.5, 0.6) is 11.5 Å². The molecule has 0 amide bonds. The maximum absolute atomic E-state index is 11.1. The van der Waals surface area contributed by atoms with Gasteiger partial charge in [0.15, 0.2) is 17.5 Å². The van der Waals surface area contributed by atoms with E-state index in [1.807, 2.05) is 6.07 Å². The van der Waals surface area contributed by atoms with Crippen molar-refractivity contribution in [2.45, 2.75) is 32.2 Å². The van der Waals surface area contributed by atoms with E-state index in [-0.39, 0.29) is 5.97 Å². The SMILES string of the molecule is CN=C(NCCCCC(=O)OC)N1CCc2cc(OC)c(OC)cc2C1. The molecule has 0 saturated carbocycles. The highest BCUT2D eigenvalue weighted by atomic mass is 16.5. The van der Waals surface area contributed by atoms with Gasteiger partial charge in [0.1, 0.15) is 0 Å². The molecule has 1 heterocycles. The van der Waals surface area contributed by atoms with Crippen LogP contribution in [-0.2, 0) is 22.5 Å². The third-order valence-corrected chi connectivity index (χ3v) is 4.55. The van der Waals surface area contributed by atoms with Crippen molar-refractivity contribution in [2.75, 3.05) is 41.5 Å². The Morgan fingerprint density at radius 1 is 1.15 bits per heavy atom. The largest absolute Gasteiger partial charge is 0.493 e. The van der Waals surface area contributed by atoms with Gasteiger partial charge in [-0.05, 0) is 42.5 Å². The molecule has 0 unspecified atom stereocenters. The molecule has 1 aromatic rings. The molecule has 7 nitrogen and oxygen atoms in total. The van der Waals surface area contributed by atoms with Gasteiger partial charge in [-0.15, -0.1) is 0 Å². The van der Waals surface area contributed by atoms with E-state index in [0.717, 1.165) is 56.4 Å². The van der Waals surface area contributed by atoms with Crippen molar-refractivity contribution in [2.24, 2.45) is 4.99 Å². The van der Waals surface area contributed by atoms with E-state index in [1.54, 1.807) is 21.3 Å². The van der Waals surface area contributed by atoms with Gasteiger partial charge in [0.2, 0.25) is 0 Å². The van der Waals surface area contributed by atoms with Crippen molar-refractivity contribution in [3.05, 3.63) is 23.3 Å². The number of carbonyl (C=O) groups is 1. The average Bonchev–Trinajstić information content (AvgIpc) is 2.68. The first-order valence-corrected chi connectivity index (χ1v) is 8.89. The molecule has 0 bridgehead atoms. The number of benzene rings is 1. The molecule has 0 atom stereocenters. The molecule has 0 aliphatic carbocycles. The molecule has 0 fully saturated rings. The summed E-state index contributed by atoms with van der Waals surface area (Å²) in [5.74, 6) is 2.24. The fourth-order valence-electron chi connectivity index (χ4n) is 3.09. The molecular formula is C19H29N3O4. The number of hydrogen-bond donors (Lipinski definition) is 1. The van der Waals surface area contributed by atoms with Crippen molar-refractivity contribution in [3.8, 4) is 11.5 Å². The second kappa shape index (κ2) is 9.89. The molecule has 0 radical (unpaired) electrons. The van der Waals surface area contributed by atoms with Gasteiger partial charge in [0.25, 0.3) is 0 Å². The number of ether oxygens (including phenoxy) is 3. The van der Waals surface area contributed by atoms with Gasteiger partial charge < -0.3 is 24.4 Å². The molecule has 144 valence electrons. The number of hydrogen-bond acceptors (Lipinski definition) is 5. The normalized spacial score (nSPS) is 13.8. The van der Waals surface area contributed by atoms with Gasteiger partial charge in [0, 0.05) is 33.1 Å². The van der Waals surface area contributed by atoms with E-state index in [0.29, 0.717) is 6.42 Å². The number of esters is 1.